The van der Waals surface area contributed by atoms with Crippen LogP contribution in [0.3, 0.4) is 0 Å². The van der Waals surface area contributed by atoms with Gasteiger partial charge in [0.05, 0.1) is 0 Å². The van der Waals surface area contributed by atoms with E-state index in [1.807, 2.05) is 78.9 Å². The van der Waals surface area contributed by atoms with Crippen molar-refractivity contribution in [2.45, 2.75) is 0 Å². The second-order valence-electron chi connectivity index (χ2n) is 3.22. The standard InChI is InChI=1S/C6H5I.2C5H5.Ti/c7-6-4-2-1-3-5-6;2*1-2-4-5-3-1;/h1-5H;2*1-5H;/q;2*-1;+2. The van der Waals surface area contributed by atoms with Gasteiger partial charge in [-0.3, -0.25) is 0 Å². The molecule has 0 fully saturated rings. The Kier molecular flexibility index (Phi) is 12.4. The molecule has 0 spiro atoms. The number of halogens is 1. The van der Waals surface area contributed by atoms with Gasteiger partial charge in [0.25, 0.3) is 0 Å². The van der Waals surface area contributed by atoms with Crippen LogP contribution in [0.25, 0.3) is 0 Å². The Labute approximate surface area is 138 Å². The van der Waals surface area contributed by atoms with Crippen LogP contribution in [0.2, 0.25) is 0 Å². The van der Waals surface area contributed by atoms with Crippen LogP contribution in [-0.2, 0) is 21.7 Å². The molecule has 0 aliphatic rings. The summed E-state index contributed by atoms with van der Waals surface area (Å²) in [5.74, 6) is 0. The Bertz CT molecular complexity index is 368. The fourth-order valence-corrected chi connectivity index (χ4v) is 1.47. The number of benzene rings is 1. The molecule has 0 saturated heterocycles. The third-order valence-electron chi connectivity index (χ3n) is 1.84. The summed E-state index contributed by atoms with van der Waals surface area (Å²) in [6.45, 7) is 0. The van der Waals surface area contributed by atoms with Crippen molar-refractivity contribution >= 4 is 22.6 Å². The molecule has 0 N–H and O–H groups in total. The van der Waals surface area contributed by atoms with Crippen molar-refractivity contribution in [3.8, 4) is 0 Å². The number of rotatable bonds is 0. The van der Waals surface area contributed by atoms with Crippen LogP contribution in [0.5, 0.6) is 0 Å². The first-order chi connectivity index (χ1) is 8.39. The third-order valence-corrected chi connectivity index (χ3v) is 2.56. The molecule has 0 heterocycles. The first-order valence-electron chi connectivity index (χ1n) is 5.43. The summed E-state index contributed by atoms with van der Waals surface area (Å²) in [6, 6.07) is 30.2. The number of hydrogen-bond acceptors (Lipinski definition) is 0. The molecule has 18 heavy (non-hydrogen) atoms. The van der Waals surface area contributed by atoms with Crippen molar-refractivity contribution in [2.24, 2.45) is 0 Å². The van der Waals surface area contributed by atoms with E-state index in [0.29, 0.717) is 0 Å². The molecule has 90 valence electrons. The van der Waals surface area contributed by atoms with Crippen LogP contribution < -0.4 is 0 Å². The van der Waals surface area contributed by atoms with Crippen molar-refractivity contribution in [1.82, 2.24) is 0 Å². The Hall–Kier alpha value is -0.636. The van der Waals surface area contributed by atoms with Gasteiger partial charge in [0.2, 0.25) is 0 Å². The Morgan fingerprint density at radius 2 is 1.00 bits per heavy atom. The van der Waals surface area contributed by atoms with Gasteiger partial charge < -0.3 is 0 Å². The SMILES string of the molecule is Ic1ccccc1.[Ti+2].c1cc[cH-]c1.c1cc[cH-]c1. The van der Waals surface area contributed by atoms with Gasteiger partial charge in [-0.05, 0) is 34.7 Å². The summed E-state index contributed by atoms with van der Waals surface area (Å²) in [6.07, 6.45) is 0. The van der Waals surface area contributed by atoms with E-state index in [0.717, 1.165) is 0 Å². The minimum atomic E-state index is 0. The average Bonchev–Trinajstić information content (AvgIpc) is 3.09. The largest absolute Gasteiger partial charge is 2.00 e. The van der Waals surface area contributed by atoms with Gasteiger partial charge in [-0.1, -0.05) is 18.2 Å². The molecule has 3 aromatic carbocycles. The summed E-state index contributed by atoms with van der Waals surface area (Å²) >= 11 is 2.28. The fourth-order valence-electron chi connectivity index (χ4n) is 1.06. The first-order valence-corrected chi connectivity index (χ1v) is 6.51. The summed E-state index contributed by atoms with van der Waals surface area (Å²) in [7, 11) is 0. The van der Waals surface area contributed by atoms with Crippen LogP contribution in [0.1, 0.15) is 0 Å². The average molecular weight is 382 g/mol. The first kappa shape index (κ1) is 17.4. The van der Waals surface area contributed by atoms with Crippen molar-refractivity contribution in [3.63, 3.8) is 0 Å². The van der Waals surface area contributed by atoms with E-state index in [4.69, 9.17) is 0 Å². The Balaban J connectivity index is 0.000000239. The maximum absolute atomic E-state index is 2.28. The number of hydrogen-bond donors (Lipinski definition) is 0. The second kappa shape index (κ2) is 12.8. The zero-order valence-electron chi connectivity index (χ0n) is 10.0. The van der Waals surface area contributed by atoms with E-state index in [-0.39, 0.29) is 21.7 Å². The summed E-state index contributed by atoms with van der Waals surface area (Å²) in [5, 5.41) is 0. The molecule has 0 radical (unpaired) electrons. The molecule has 0 saturated carbocycles. The van der Waals surface area contributed by atoms with E-state index in [1.165, 1.54) is 3.57 Å². The zero-order valence-corrected chi connectivity index (χ0v) is 13.8. The van der Waals surface area contributed by atoms with Gasteiger partial charge in [-0.15, -0.1) is 0 Å². The van der Waals surface area contributed by atoms with Gasteiger partial charge in [-0.2, -0.15) is 36.4 Å². The van der Waals surface area contributed by atoms with Crippen LogP contribution in [-0.4, -0.2) is 0 Å². The van der Waals surface area contributed by atoms with Crippen LogP contribution >= 0.6 is 22.6 Å². The van der Waals surface area contributed by atoms with Crippen molar-refractivity contribution < 1.29 is 21.7 Å². The molecule has 0 aliphatic heterocycles. The normalized spacial score (nSPS) is 7.83. The predicted octanol–water partition coefficient (Wildman–Crippen LogP) is 5.10. The van der Waals surface area contributed by atoms with E-state index in [1.54, 1.807) is 0 Å². The van der Waals surface area contributed by atoms with Gasteiger partial charge in [0.1, 0.15) is 0 Å². The minimum Gasteiger partial charge on any atom is -0.214 e. The second-order valence-corrected chi connectivity index (χ2v) is 4.47. The smallest absolute Gasteiger partial charge is 0.214 e. The van der Waals surface area contributed by atoms with Gasteiger partial charge in [0, 0.05) is 3.57 Å². The summed E-state index contributed by atoms with van der Waals surface area (Å²) in [5.41, 5.74) is 0. The molecule has 3 rings (SSSR count). The monoisotopic (exact) mass is 382 g/mol. The van der Waals surface area contributed by atoms with Crippen LogP contribution in [0.15, 0.2) is 91.0 Å². The van der Waals surface area contributed by atoms with Crippen molar-refractivity contribution in [2.75, 3.05) is 0 Å². The summed E-state index contributed by atoms with van der Waals surface area (Å²) < 4.78 is 1.29. The van der Waals surface area contributed by atoms with Crippen molar-refractivity contribution in [1.29, 1.82) is 0 Å². The Morgan fingerprint density at radius 3 is 1.17 bits per heavy atom. The van der Waals surface area contributed by atoms with Gasteiger partial charge in [-0.25, -0.2) is 24.3 Å². The third kappa shape index (κ3) is 10.5. The van der Waals surface area contributed by atoms with Crippen molar-refractivity contribution in [3.05, 3.63) is 94.6 Å². The maximum Gasteiger partial charge on any atom is 2.00 e. The maximum atomic E-state index is 2.28. The Morgan fingerprint density at radius 1 is 0.611 bits per heavy atom. The quantitative estimate of drug-likeness (QED) is 0.288. The van der Waals surface area contributed by atoms with Gasteiger partial charge in [0.15, 0.2) is 0 Å². The van der Waals surface area contributed by atoms with Gasteiger partial charge >= 0.3 is 21.7 Å². The fraction of sp³-hybridized carbons (Fsp3) is 0. The van der Waals surface area contributed by atoms with E-state index in [9.17, 15) is 0 Å². The van der Waals surface area contributed by atoms with Crippen LogP contribution in [0.4, 0.5) is 0 Å². The molecule has 0 atom stereocenters. The van der Waals surface area contributed by atoms with Crippen LogP contribution in [0, 0.1) is 3.57 Å². The van der Waals surface area contributed by atoms with E-state index >= 15 is 0 Å². The van der Waals surface area contributed by atoms with E-state index < -0.39 is 0 Å². The molecular formula is C16H15ITi. The molecule has 0 nitrogen and oxygen atoms in total. The molecule has 0 aliphatic carbocycles. The molecule has 2 heteroatoms. The topological polar surface area (TPSA) is 0 Å². The molecular weight excluding hydrogens is 367 g/mol. The van der Waals surface area contributed by atoms with E-state index in [2.05, 4.69) is 34.7 Å². The molecule has 0 amide bonds. The molecule has 3 aromatic rings. The zero-order chi connectivity index (χ0) is 12.2. The molecule has 0 aromatic heterocycles. The predicted molar refractivity (Wildman–Crippen MR) is 83.2 cm³/mol. The summed E-state index contributed by atoms with van der Waals surface area (Å²) in [4.78, 5) is 0. The minimum absolute atomic E-state index is 0. The molecule has 0 unspecified atom stereocenters. The molecule has 0 bridgehead atoms.